The fraction of sp³-hybridized carbons (Fsp3) is 0.273. The van der Waals surface area contributed by atoms with Crippen LogP contribution < -0.4 is 5.73 Å². The molecule has 0 aliphatic heterocycles. The highest BCUT2D eigenvalue weighted by atomic mass is 32.2. The molecule has 104 valence electrons. The van der Waals surface area contributed by atoms with Crippen LogP contribution in [0.15, 0.2) is 15.9 Å². The molecule has 0 fully saturated rings. The average molecular weight is 294 g/mol. The Kier molecular flexibility index (Phi) is 2.61. The highest BCUT2D eigenvalue weighted by Crippen LogP contribution is 2.33. The lowest BCUT2D eigenvalue weighted by Crippen LogP contribution is -2.15. The summed E-state index contributed by atoms with van der Waals surface area (Å²) in [4.78, 5) is 19.1. The average Bonchev–Trinajstić information content (AvgIpc) is 2.81. The van der Waals surface area contributed by atoms with Crippen LogP contribution in [0.2, 0.25) is 0 Å². The molecular weight excluding hydrogens is 284 g/mol. The van der Waals surface area contributed by atoms with Crippen LogP contribution in [0, 0.1) is 0 Å². The van der Waals surface area contributed by atoms with Crippen molar-refractivity contribution in [2.24, 2.45) is 5.73 Å². The molecule has 1 aliphatic carbocycles. The van der Waals surface area contributed by atoms with E-state index in [4.69, 9.17) is 10.3 Å². The van der Waals surface area contributed by atoms with E-state index in [0.717, 1.165) is 11.8 Å². The van der Waals surface area contributed by atoms with Crippen LogP contribution in [0.25, 0.3) is 11.4 Å². The summed E-state index contributed by atoms with van der Waals surface area (Å²) >= 11 is 0. The molecule has 20 heavy (non-hydrogen) atoms. The molecule has 2 N–H and O–H groups in total. The lowest BCUT2D eigenvalue weighted by Gasteiger charge is -2.13. The molecular formula is C11H10N4O4S. The molecule has 2 aromatic heterocycles. The van der Waals surface area contributed by atoms with Crippen molar-refractivity contribution in [2.45, 2.75) is 18.0 Å². The van der Waals surface area contributed by atoms with E-state index in [1.165, 1.54) is 6.20 Å². The number of rotatable bonds is 2. The molecule has 2 aromatic rings. The van der Waals surface area contributed by atoms with Gasteiger partial charge in [0.15, 0.2) is 0 Å². The van der Waals surface area contributed by atoms with E-state index in [1.54, 1.807) is 0 Å². The zero-order chi connectivity index (χ0) is 14.5. The first-order valence-electron chi connectivity index (χ1n) is 5.72. The quantitative estimate of drug-likeness (QED) is 0.755. The Morgan fingerprint density at radius 1 is 1.35 bits per heavy atom. The number of amides is 1. The minimum absolute atomic E-state index is 0.00910. The van der Waals surface area contributed by atoms with Crippen molar-refractivity contribution < 1.29 is 17.7 Å². The van der Waals surface area contributed by atoms with Crippen molar-refractivity contribution >= 4 is 15.7 Å². The van der Waals surface area contributed by atoms with Gasteiger partial charge in [0.1, 0.15) is 11.4 Å². The van der Waals surface area contributed by atoms with E-state index >= 15 is 0 Å². The summed E-state index contributed by atoms with van der Waals surface area (Å²) in [7, 11) is -3.52. The van der Waals surface area contributed by atoms with Gasteiger partial charge in [0.2, 0.25) is 20.8 Å². The van der Waals surface area contributed by atoms with E-state index in [0.29, 0.717) is 29.8 Å². The standard InChI is InChI=1S/C11H10N4O4S/c1-20(17,18)11-13-4-5-2-3-6-8(7(5)14-11)15-19-9(6)10(12)16/h4H,2-3H2,1H3,(H2,12,16). The second-order valence-corrected chi connectivity index (χ2v) is 6.41. The van der Waals surface area contributed by atoms with E-state index in [-0.39, 0.29) is 10.9 Å². The predicted molar refractivity (Wildman–Crippen MR) is 66.6 cm³/mol. The van der Waals surface area contributed by atoms with Crippen molar-refractivity contribution in [2.75, 3.05) is 6.26 Å². The normalized spacial score (nSPS) is 13.7. The number of carbonyl (C=O) groups is 1. The SMILES string of the molecule is CS(=O)(=O)c1ncc2c(n1)-c1noc(C(N)=O)c1CC2. The van der Waals surface area contributed by atoms with Gasteiger partial charge in [0, 0.05) is 18.0 Å². The summed E-state index contributed by atoms with van der Waals surface area (Å²) in [6, 6.07) is 0. The molecule has 0 spiro atoms. The van der Waals surface area contributed by atoms with Gasteiger partial charge in [-0.25, -0.2) is 18.4 Å². The fourth-order valence-corrected chi connectivity index (χ4v) is 2.64. The zero-order valence-corrected chi connectivity index (χ0v) is 11.3. The largest absolute Gasteiger partial charge is 0.363 e. The number of nitrogens with zero attached hydrogens (tertiary/aromatic N) is 3. The van der Waals surface area contributed by atoms with Gasteiger partial charge in [-0.15, -0.1) is 0 Å². The monoisotopic (exact) mass is 294 g/mol. The van der Waals surface area contributed by atoms with Crippen LogP contribution in [0.1, 0.15) is 21.7 Å². The van der Waals surface area contributed by atoms with Gasteiger partial charge >= 0.3 is 0 Å². The summed E-state index contributed by atoms with van der Waals surface area (Å²) in [5.74, 6) is -0.718. The zero-order valence-electron chi connectivity index (χ0n) is 10.5. The number of hydrogen-bond acceptors (Lipinski definition) is 7. The minimum atomic E-state index is -3.52. The molecule has 3 rings (SSSR count). The molecule has 2 heterocycles. The molecule has 1 aliphatic rings. The molecule has 0 atom stereocenters. The second-order valence-electron chi connectivity index (χ2n) is 4.50. The van der Waals surface area contributed by atoms with Crippen LogP contribution in [0.4, 0.5) is 0 Å². The van der Waals surface area contributed by atoms with Crippen molar-refractivity contribution in [3.8, 4) is 11.4 Å². The Hall–Kier alpha value is -2.29. The van der Waals surface area contributed by atoms with Crippen LogP contribution in [0.3, 0.4) is 0 Å². The smallest absolute Gasteiger partial charge is 0.287 e. The van der Waals surface area contributed by atoms with Crippen LogP contribution >= 0.6 is 0 Å². The molecule has 8 nitrogen and oxygen atoms in total. The third kappa shape index (κ3) is 1.86. The number of nitrogens with two attached hydrogens (primary N) is 1. The maximum Gasteiger partial charge on any atom is 0.287 e. The summed E-state index contributed by atoms with van der Waals surface area (Å²) in [6.45, 7) is 0. The van der Waals surface area contributed by atoms with Gasteiger partial charge < -0.3 is 10.3 Å². The maximum absolute atomic E-state index is 11.5. The number of primary amides is 1. The van der Waals surface area contributed by atoms with Gasteiger partial charge in [-0.3, -0.25) is 4.79 Å². The van der Waals surface area contributed by atoms with Gasteiger partial charge in [0.05, 0.1) is 0 Å². The lowest BCUT2D eigenvalue weighted by molar-refractivity contribution is 0.0964. The van der Waals surface area contributed by atoms with E-state index in [2.05, 4.69) is 15.1 Å². The predicted octanol–water partition coefficient (Wildman–Crippen LogP) is -0.267. The van der Waals surface area contributed by atoms with Crippen LogP contribution in [-0.4, -0.2) is 35.7 Å². The summed E-state index contributed by atoms with van der Waals surface area (Å²) in [6.07, 6.45) is 3.57. The second kappa shape index (κ2) is 4.10. The minimum Gasteiger partial charge on any atom is -0.363 e. The first-order chi connectivity index (χ1) is 9.38. The van der Waals surface area contributed by atoms with Crippen molar-refractivity contribution in [1.29, 1.82) is 0 Å². The number of hydrogen-bond donors (Lipinski definition) is 1. The summed E-state index contributed by atoms with van der Waals surface area (Å²) < 4.78 is 27.9. The molecule has 0 unspecified atom stereocenters. The van der Waals surface area contributed by atoms with Gasteiger partial charge in [0.25, 0.3) is 5.91 Å². The van der Waals surface area contributed by atoms with E-state index < -0.39 is 15.7 Å². The Labute approximate surface area is 113 Å². The topological polar surface area (TPSA) is 129 Å². The summed E-state index contributed by atoms with van der Waals surface area (Å²) in [5, 5.41) is 3.50. The Morgan fingerprint density at radius 3 is 2.75 bits per heavy atom. The number of sulfone groups is 1. The van der Waals surface area contributed by atoms with Crippen molar-refractivity contribution in [3.63, 3.8) is 0 Å². The van der Waals surface area contributed by atoms with Crippen LogP contribution in [0.5, 0.6) is 0 Å². The van der Waals surface area contributed by atoms with Crippen LogP contribution in [-0.2, 0) is 22.7 Å². The Bertz CT molecular complexity index is 825. The third-order valence-corrected chi connectivity index (χ3v) is 3.91. The third-order valence-electron chi connectivity index (χ3n) is 3.05. The highest BCUT2D eigenvalue weighted by molar-refractivity contribution is 7.90. The molecule has 0 saturated heterocycles. The molecule has 9 heteroatoms. The first kappa shape index (κ1) is 12.7. The number of aryl methyl sites for hydroxylation is 1. The molecule has 0 aromatic carbocycles. The number of carbonyl (C=O) groups excluding carboxylic acids is 1. The summed E-state index contributed by atoms with van der Waals surface area (Å²) in [5.41, 5.74) is 7.24. The Morgan fingerprint density at radius 2 is 2.10 bits per heavy atom. The fourth-order valence-electron chi connectivity index (χ4n) is 2.14. The Balaban J connectivity index is 2.23. The molecule has 0 saturated carbocycles. The van der Waals surface area contributed by atoms with Gasteiger partial charge in [-0.2, -0.15) is 0 Å². The molecule has 1 amide bonds. The highest BCUT2D eigenvalue weighted by Gasteiger charge is 2.29. The van der Waals surface area contributed by atoms with E-state index in [1.807, 2.05) is 0 Å². The first-order valence-corrected chi connectivity index (χ1v) is 7.62. The molecule has 0 bridgehead atoms. The van der Waals surface area contributed by atoms with Crippen molar-refractivity contribution in [3.05, 3.63) is 23.1 Å². The molecule has 0 radical (unpaired) electrons. The number of aromatic nitrogens is 3. The van der Waals surface area contributed by atoms with Gasteiger partial charge in [-0.1, -0.05) is 5.16 Å². The maximum atomic E-state index is 11.5. The number of fused-ring (bicyclic) bond motifs is 3. The van der Waals surface area contributed by atoms with Gasteiger partial charge in [-0.05, 0) is 18.4 Å². The van der Waals surface area contributed by atoms with E-state index in [9.17, 15) is 13.2 Å². The lowest BCUT2D eigenvalue weighted by atomic mass is 9.93. The van der Waals surface area contributed by atoms with Crippen molar-refractivity contribution in [1.82, 2.24) is 15.1 Å².